The van der Waals surface area contributed by atoms with E-state index >= 15 is 0 Å². The van der Waals surface area contributed by atoms with Crippen LogP contribution in [0.3, 0.4) is 0 Å². The van der Waals surface area contributed by atoms with E-state index in [1.165, 1.54) is 0 Å². The number of nitrogens with zero attached hydrogens (tertiary/aromatic N) is 2. The summed E-state index contributed by atoms with van der Waals surface area (Å²) < 4.78 is 0. The molecule has 0 aliphatic carbocycles. The molecule has 0 aromatic carbocycles. The molecule has 5 nitrogen and oxygen atoms in total. The molecule has 0 fully saturated rings. The first kappa shape index (κ1) is 13.5. The molecular weight excluding hydrogens is 258 g/mol. The Bertz CT molecular complexity index is 564. The summed E-state index contributed by atoms with van der Waals surface area (Å²) in [5.41, 5.74) is 6.48. The third-order valence-electron chi connectivity index (χ3n) is 2.38. The summed E-state index contributed by atoms with van der Waals surface area (Å²) in [6.07, 6.45) is 0.765. The largest absolute Gasteiger partial charge is 0.330 e. The molecule has 6 heteroatoms. The van der Waals surface area contributed by atoms with Crippen LogP contribution in [0.2, 0.25) is 0 Å². The van der Waals surface area contributed by atoms with Crippen LogP contribution in [0.4, 0.5) is 11.6 Å². The molecular formula is C13H17N5S. The molecule has 0 aliphatic heterocycles. The topological polar surface area (TPSA) is 75.9 Å². The number of thiazole rings is 1. The molecule has 2 rings (SSSR count). The van der Waals surface area contributed by atoms with E-state index in [2.05, 4.69) is 27.2 Å². The Morgan fingerprint density at radius 1 is 1.32 bits per heavy atom. The van der Waals surface area contributed by atoms with E-state index in [-0.39, 0.29) is 0 Å². The van der Waals surface area contributed by atoms with Crippen molar-refractivity contribution in [2.75, 3.05) is 17.2 Å². The predicted molar refractivity (Wildman–Crippen MR) is 80.2 cm³/mol. The summed E-state index contributed by atoms with van der Waals surface area (Å²) >= 11 is 1.59. The molecule has 4 N–H and O–H groups in total. The standard InChI is InChI=1S/C13H17N5S/c1-9(16-13-8-19-10(2)17-13)15-12-5-3-4-11(18-12)6-7-14/h3-5,8,16H,1,6-7,14H2,2H3,(H,15,18). The van der Waals surface area contributed by atoms with Gasteiger partial charge in [0.15, 0.2) is 0 Å². The van der Waals surface area contributed by atoms with Gasteiger partial charge < -0.3 is 16.4 Å². The Balaban J connectivity index is 1.96. The fourth-order valence-electron chi connectivity index (χ4n) is 1.60. The van der Waals surface area contributed by atoms with Crippen LogP contribution in [-0.2, 0) is 6.42 Å². The summed E-state index contributed by atoms with van der Waals surface area (Å²) in [5.74, 6) is 2.18. The van der Waals surface area contributed by atoms with Crippen molar-refractivity contribution in [1.29, 1.82) is 0 Å². The van der Waals surface area contributed by atoms with E-state index in [0.29, 0.717) is 12.4 Å². The first-order valence-electron chi connectivity index (χ1n) is 5.98. The van der Waals surface area contributed by atoms with Gasteiger partial charge in [0.05, 0.1) is 5.01 Å². The zero-order chi connectivity index (χ0) is 13.7. The van der Waals surface area contributed by atoms with Gasteiger partial charge in [0, 0.05) is 17.5 Å². The van der Waals surface area contributed by atoms with Crippen molar-refractivity contribution in [2.24, 2.45) is 5.73 Å². The zero-order valence-electron chi connectivity index (χ0n) is 10.8. The molecule has 0 bridgehead atoms. The highest BCUT2D eigenvalue weighted by Gasteiger charge is 2.02. The van der Waals surface area contributed by atoms with Gasteiger partial charge in [-0.15, -0.1) is 11.3 Å². The summed E-state index contributed by atoms with van der Waals surface area (Å²) in [4.78, 5) is 8.75. The van der Waals surface area contributed by atoms with Crippen LogP contribution in [0.1, 0.15) is 10.7 Å². The molecule has 0 spiro atoms. The number of hydrogen-bond acceptors (Lipinski definition) is 6. The summed E-state index contributed by atoms with van der Waals surface area (Å²) in [7, 11) is 0. The number of aryl methyl sites for hydroxylation is 1. The van der Waals surface area contributed by atoms with Crippen LogP contribution in [0.5, 0.6) is 0 Å². The van der Waals surface area contributed by atoms with Gasteiger partial charge in [-0.1, -0.05) is 12.6 Å². The van der Waals surface area contributed by atoms with Gasteiger partial charge in [-0.25, -0.2) is 9.97 Å². The molecule has 0 unspecified atom stereocenters. The molecule has 0 saturated heterocycles. The Morgan fingerprint density at radius 2 is 2.11 bits per heavy atom. The van der Waals surface area contributed by atoms with Crippen molar-refractivity contribution in [3.63, 3.8) is 0 Å². The first-order valence-corrected chi connectivity index (χ1v) is 6.86. The smallest absolute Gasteiger partial charge is 0.142 e. The third-order valence-corrected chi connectivity index (χ3v) is 3.16. The SMILES string of the molecule is C=C(Nc1cccc(CCN)n1)Nc1csc(C)n1. The number of pyridine rings is 1. The number of aromatic nitrogens is 2. The highest BCUT2D eigenvalue weighted by molar-refractivity contribution is 7.09. The van der Waals surface area contributed by atoms with Crippen molar-refractivity contribution >= 4 is 23.0 Å². The van der Waals surface area contributed by atoms with Crippen molar-refractivity contribution in [3.8, 4) is 0 Å². The maximum Gasteiger partial charge on any atom is 0.142 e. The molecule has 0 saturated carbocycles. The van der Waals surface area contributed by atoms with E-state index in [0.717, 1.165) is 28.8 Å². The molecule has 2 aromatic rings. The zero-order valence-corrected chi connectivity index (χ0v) is 11.6. The van der Waals surface area contributed by atoms with Crippen LogP contribution < -0.4 is 16.4 Å². The Labute approximate surface area is 116 Å². The van der Waals surface area contributed by atoms with Crippen molar-refractivity contribution < 1.29 is 0 Å². The van der Waals surface area contributed by atoms with Crippen molar-refractivity contribution in [1.82, 2.24) is 9.97 Å². The number of nitrogens with two attached hydrogens (primary N) is 1. The average Bonchev–Trinajstić information content (AvgIpc) is 2.75. The number of anilines is 2. The highest BCUT2D eigenvalue weighted by Crippen LogP contribution is 2.15. The molecule has 100 valence electrons. The molecule has 2 heterocycles. The Kier molecular flexibility index (Phi) is 4.48. The molecule has 2 aromatic heterocycles. The fraction of sp³-hybridized carbons (Fsp3) is 0.231. The van der Waals surface area contributed by atoms with E-state index in [4.69, 9.17) is 5.73 Å². The second kappa shape index (κ2) is 6.31. The third kappa shape index (κ3) is 4.04. The van der Waals surface area contributed by atoms with Gasteiger partial charge in [-0.05, 0) is 25.6 Å². The van der Waals surface area contributed by atoms with Crippen LogP contribution in [-0.4, -0.2) is 16.5 Å². The lowest BCUT2D eigenvalue weighted by Gasteiger charge is -2.10. The lowest BCUT2D eigenvalue weighted by atomic mass is 10.3. The van der Waals surface area contributed by atoms with Gasteiger partial charge in [0.1, 0.15) is 17.5 Å². The molecule has 0 atom stereocenters. The lowest BCUT2D eigenvalue weighted by molar-refractivity contribution is 0.924. The Hall–Kier alpha value is -1.92. The number of rotatable bonds is 6. The quantitative estimate of drug-likeness (QED) is 0.754. The fourth-order valence-corrected chi connectivity index (χ4v) is 2.14. The minimum absolute atomic E-state index is 0.591. The van der Waals surface area contributed by atoms with Crippen LogP contribution in [0, 0.1) is 6.92 Å². The molecule has 0 amide bonds. The second-order valence-electron chi connectivity index (χ2n) is 4.03. The summed E-state index contributed by atoms with van der Waals surface area (Å²) in [5, 5.41) is 9.15. The number of nitrogens with one attached hydrogen (secondary N) is 2. The van der Waals surface area contributed by atoms with Crippen molar-refractivity contribution in [3.05, 3.63) is 46.7 Å². The van der Waals surface area contributed by atoms with E-state index in [9.17, 15) is 0 Å². The average molecular weight is 275 g/mol. The maximum absolute atomic E-state index is 5.52. The first-order chi connectivity index (χ1) is 9.17. The van der Waals surface area contributed by atoms with Gasteiger partial charge in [0.25, 0.3) is 0 Å². The minimum Gasteiger partial charge on any atom is -0.330 e. The van der Waals surface area contributed by atoms with Crippen molar-refractivity contribution in [2.45, 2.75) is 13.3 Å². The summed E-state index contributed by atoms with van der Waals surface area (Å²) in [6, 6.07) is 5.79. The Morgan fingerprint density at radius 3 is 2.79 bits per heavy atom. The van der Waals surface area contributed by atoms with E-state index in [1.54, 1.807) is 11.3 Å². The van der Waals surface area contributed by atoms with Gasteiger partial charge in [0.2, 0.25) is 0 Å². The normalized spacial score (nSPS) is 10.2. The number of hydrogen-bond donors (Lipinski definition) is 3. The van der Waals surface area contributed by atoms with Gasteiger partial charge >= 0.3 is 0 Å². The highest BCUT2D eigenvalue weighted by atomic mass is 32.1. The van der Waals surface area contributed by atoms with Gasteiger partial charge in [-0.2, -0.15) is 0 Å². The van der Waals surface area contributed by atoms with Crippen LogP contribution in [0.15, 0.2) is 36.0 Å². The molecule has 19 heavy (non-hydrogen) atoms. The van der Waals surface area contributed by atoms with Gasteiger partial charge in [-0.3, -0.25) is 0 Å². The maximum atomic E-state index is 5.52. The molecule has 0 aliphatic rings. The summed E-state index contributed by atoms with van der Waals surface area (Å²) in [6.45, 7) is 6.46. The lowest BCUT2D eigenvalue weighted by Crippen LogP contribution is -2.11. The second-order valence-corrected chi connectivity index (χ2v) is 5.10. The predicted octanol–water partition coefficient (Wildman–Crippen LogP) is 2.34. The van der Waals surface area contributed by atoms with E-state index < -0.39 is 0 Å². The molecule has 0 radical (unpaired) electrons. The monoisotopic (exact) mass is 275 g/mol. The van der Waals surface area contributed by atoms with E-state index in [1.807, 2.05) is 30.5 Å². The van der Waals surface area contributed by atoms with Crippen LogP contribution >= 0.6 is 11.3 Å². The minimum atomic E-state index is 0.591. The van der Waals surface area contributed by atoms with Crippen LogP contribution in [0.25, 0.3) is 0 Å².